The first-order valence-corrected chi connectivity index (χ1v) is 5.02. The summed E-state index contributed by atoms with van der Waals surface area (Å²) in [5, 5.41) is 0. The Morgan fingerprint density at radius 3 is 2.14 bits per heavy atom. The number of hydrogen-bond donors (Lipinski definition) is 0. The molecule has 0 aliphatic carbocycles. The zero-order valence-corrected chi connectivity index (χ0v) is 11.0. The zero-order chi connectivity index (χ0) is 10.3. The molecular formula is C10H25ClN2O. The number of nitrogens with zero attached hydrogens (tertiary/aromatic N) is 2. The van der Waals surface area contributed by atoms with Gasteiger partial charge in [-0.2, -0.15) is 0 Å². The Morgan fingerprint density at radius 1 is 1.14 bits per heavy atom. The molecule has 0 aromatic carbocycles. The summed E-state index contributed by atoms with van der Waals surface area (Å²) >= 11 is 0. The van der Waals surface area contributed by atoms with Gasteiger partial charge >= 0.3 is 0 Å². The Labute approximate surface area is 95.0 Å². The lowest BCUT2D eigenvalue weighted by molar-refractivity contribution is -0.890. The van der Waals surface area contributed by atoms with Crippen LogP contribution in [0.1, 0.15) is 6.92 Å². The SMILES string of the molecule is CCOCC[N+](C)(C)CCN(C)C.[Cl-]. The van der Waals surface area contributed by atoms with E-state index in [0.717, 1.165) is 30.8 Å². The molecular weight excluding hydrogens is 200 g/mol. The fourth-order valence-electron chi connectivity index (χ4n) is 1.04. The highest BCUT2D eigenvalue weighted by Gasteiger charge is 2.14. The second-order valence-corrected chi connectivity index (χ2v) is 4.38. The maximum absolute atomic E-state index is 5.35. The molecule has 0 amide bonds. The largest absolute Gasteiger partial charge is 1.00 e. The van der Waals surface area contributed by atoms with Gasteiger partial charge in [-0.1, -0.05) is 0 Å². The van der Waals surface area contributed by atoms with Gasteiger partial charge in [-0.15, -0.1) is 0 Å². The van der Waals surface area contributed by atoms with E-state index in [9.17, 15) is 0 Å². The minimum Gasteiger partial charge on any atom is -1.00 e. The number of likely N-dealkylation sites (N-methyl/N-ethyl adjacent to an activating group) is 2. The van der Waals surface area contributed by atoms with E-state index in [2.05, 4.69) is 33.1 Å². The summed E-state index contributed by atoms with van der Waals surface area (Å²) in [6.45, 7) is 7.16. The van der Waals surface area contributed by atoms with E-state index in [1.54, 1.807) is 0 Å². The number of rotatable bonds is 7. The number of quaternary nitrogens is 1. The van der Waals surface area contributed by atoms with Crippen molar-refractivity contribution in [2.75, 3.05) is 61.0 Å². The Bertz CT molecular complexity index is 129. The molecule has 0 heterocycles. The lowest BCUT2D eigenvalue weighted by Crippen LogP contribution is -3.00. The topological polar surface area (TPSA) is 12.5 Å². The van der Waals surface area contributed by atoms with E-state index in [-0.39, 0.29) is 12.4 Å². The van der Waals surface area contributed by atoms with Crippen molar-refractivity contribution in [3.8, 4) is 0 Å². The predicted molar refractivity (Wildman–Crippen MR) is 56.9 cm³/mol. The molecule has 0 rings (SSSR count). The first-order valence-electron chi connectivity index (χ1n) is 5.02. The molecule has 0 fully saturated rings. The van der Waals surface area contributed by atoms with E-state index in [0.29, 0.717) is 0 Å². The van der Waals surface area contributed by atoms with Crippen LogP contribution in [-0.4, -0.2) is 70.4 Å². The van der Waals surface area contributed by atoms with E-state index in [1.165, 1.54) is 6.54 Å². The molecule has 4 heteroatoms. The highest BCUT2D eigenvalue weighted by Crippen LogP contribution is 1.96. The van der Waals surface area contributed by atoms with Crippen molar-refractivity contribution in [2.45, 2.75) is 6.92 Å². The molecule has 3 nitrogen and oxygen atoms in total. The van der Waals surface area contributed by atoms with Gasteiger partial charge in [0.05, 0.1) is 27.2 Å². The van der Waals surface area contributed by atoms with Crippen LogP contribution in [0.25, 0.3) is 0 Å². The average molecular weight is 225 g/mol. The lowest BCUT2D eigenvalue weighted by atomic mass is 10.4. The predicted octanol–water partition coefficient (Wildman–Crippen LogP) is -2.34. The van der Waals surface area contributed by atoms with Crippen molar-refractivity contribution in [1.82, 2.24) is 4.90 Å². The normalized spacial score (nSPS) is 11.6. The molecule has 0 bridgehead atoms. The van der Waals surface area contributed by atoms with Crippen LogP contribution in [0.4, 0.5) is 0 Å². The van der Waals surface area contributed by atoms with Crippen LogP contribution >= 0.6 is 0 Å². The van der Waals surface area contributed by atoms with Gasteiger partial charge in [0.1, 0.15) is 6.54 Å². The van der Waals surface area contributed by atoms with Crippen molar-refractivity contribution in [3.63, 3.8) is 0 Å². The molecule has 0 spiro atoms. The smallest absolute Gasteiger partial charge is 0.102 e. The van der Waals surface area contributed by atoms with Gasteiger partial charge in [0, 0.05) is 13.2 Å². The molecule has 88 valence electrons. The molecule has 0 radical (unpaired) electrons. The van der Waals surface area contributed by atoms with Crippen LogP contribution < -0.4 is 12.4 Å². The summed E-state index contributed by atoms with van der Waals surface area (Å²) in [5.74, 6) is 0. The molecule has 0 saturated heterocycles. The number of hydrogen-bond acceptors (Lipinski definition) is 2. The summed E-state index contributed by atoms with van der Waals surface area (Å²) in [5.41, 5.74) is 0. The number of halogens is 1. The summed E-state index contributed by atoms with van der Waals surface area (Å²) in [7, 11) is 8.73. The van der Waals surface area contributed by atoms with Crippen LogP contribution in [0.2, 0.25) is 0 Å². The standard InChI is InChI=1S/C10H25N2O.ClH/c1-6-13-10-9-12(4,5)8-7-11(2)3;/h6-10H2,1-5H3;1H/q+1;/p-1. The highest BCUT2D eigenvalue weighted by molar-refractivity contribution is 4.41. The fraction of sp³-hybridized carbons (Fsp3) is 1.00. The summed E-state index contributed by atoms with van der Waals surface area (Å²) < 4.78 is 6.39. The van der Waals surface area contributed by atoms with E-state index < -0.39 is 0 Å². The van der Waals surface area contributed by atoms with Crippen molar-refractivity contribution < 1.29 is 21.6 Å². The van der Waals surface area contributed by atoms with Crippen LogP contribution in [0.3, 0.4) is 0 Å². The van der Waals surface area contributed by atoms with E-state index >= 15 is 0 Å². The summed E-state index contributed by atoms with van der Waals surface area (Å²) in [6.07, 6.45) is 0. The monoisotopic (exact) mass is 224 g/mol. The molecule has 0 unspecified atom stereocenters. The molecule has 14 heavy (non-hydrogen) atoms. The van der Waals surface area contributed by atoms with Crippen molar-refractivity contribution >= 4 is 0 Å². The molecule has 0 aliphatic heterocycles. The Balaban J connectivity index is 0. The van der Waals surface area contributed by atoms with Crippen molar-refractivity contribution in [2.24, 2.45) is 0 Å². The van der Waals surface area contributed by atoms with E-state index in [4.69, 9.17) is 4.74 Å². The van der Waals surface area contributed by atoms with Gasteiger partial charge < -0.3 is 26.5 Å². The first kappa shape index (κ1) is 16.6. The van der Waals surface area contributed by atoms with E-state index in [1.807, 2.05) is 6.92 Å². The third kappa shape index (κ3) is 10.3. The third-order valence-electron chi connectivity index (χ3n) is 2.20. The fourth-order valence-corrected chi connectivity index (χ4v) is 1.04. The molecule has 0 aromatic heterocycles. The minimum absolute atomic E-state index is 0. The minimum atomic E-state index is 0. The Morgan fingerprint density at radius 2 is 1.71 bits per heavy atom. The van der Waals surface area contributed by atoms with Gasteiger partial charge in [0.15, 0.2) is 0 Å². The van der Waals surface area contributed by atoms with Crippen LogP contribution in [0.5, 0.6) is 0 Å². The molecule has 0 saturated carbocycles. The molecule has 0 aliphatic rings. The Hall–Kier alpha value is 0.170. The quantitative estimate of drug-likeness (QED) is 0.355. The van der Waals surface area contributed by atoms with Gasteiger partial charge in [-0.25, -0.2) is 0 Å². The summed E-state index contributed by atoms with van der Waals surface area (Å²) in [6, 6.07) is 0. The maximum atomic E-state index is 5.35. The second-order valence-electron chi connectivity index (χ2n) is 4.38. The lowest BCUT2D eigenvalue weighted by Gasteiger charge is -2.30. The van der Waals surface area contributed by atoms with Crippen molar-refractivity contribution in [3.05, 3.63) is 0 Å². The highest BCUT2D eigenvalue weighted by atomic mass is 35.5. The number of ether oxygens (including phenoxy) is 1. The van der Waals surface area contributed by atoms with Crippen LogP contribution in [-0.2, 0) is 4.74 Å². The average Bonchev–Trinajstić information content (AvgIpc) is 2.02. The second kappa shape index (κ2) is 8.48. The molecule has 0 atom stereocenters. The summed E-state index contributed by atoms with van der Waals surface area (Å²) in [4.78, 5) is 2.22. The maximum Gasteiger partial charge on any atom is 0.102 e. The third-order valence-corrected chi connectivity index (χ3v) is 2.20. The van der Waals surface area contributed by atoms with Gasteiger partial charge in [-0.05, 0) is 21.0 Å². The molecule has 0 N–H and O–H groups in total. The first-order chi connectivity index (χ1) is 5.98. The van der Waals surface area contributed by atoms with Gasteiger partial charge in [0.2, 0.25) is 0 Å². The van der Waals surface area contributed by atoms with Gasteiger partial charge in [-0.3, -0.25) is 0 Å². The molecule has 0 aromatic rings. The van der Waals surface area contributed by atoms with Gasteiger partial charge in [0.25, 0.3) is 0 Å². The Kier molecular flexibility index (Phi) is 10.0. The van der Waals surface area contributed by atoms with Crippen LogP contribution in [0.15, 0.2) is 0 Å². The van der Waals surface area contributed by atoms with Crippen LogP contribution in [0, 0.1) is 0 Å². The van der Waals surface area contributed by atoms with Crippen molar-refractivity contribution in [1.29, 1.82) is 0 Å². The zero-order valence-electron chi connectivity index (χ0n) is 10.2.